The van der Waals surface area contributed by atoms with Gasteiger partial charge in [0.05, 0.1) is 0 Å². The summed E-state index contributed by atoms with van der Waals surface area (Å²) < 4.78 is 0. The van der Waals surface area contributed by atoms with E-state index in [1.807, 2.05) is 0 Å². The van der Waals surface area contributed by atoms with Crippen LogP contribution in [0.3, 0.4) is 0 Å². The molecule has 0 N–H and O–H groups in total. The van der Waals surface area contributed by atoms with Gasteiger partial charge in [0.25, 0.3) is 0 Å². The fourth-order valence-electron chi connectivity index (χ4n) is 1.60. The highest BCUT2D eigenvalue weighted by molar-refractivity contribution is 9.09. The molecule has 0 heterocycles. The van der Waals surface area contributed by atoms with Gasteiger partial charge >= 0.3 is 0 Å². The molecule has 0 aromatic heterocycles. The molecule has 0 aliphatic heterocycles. The van der Waals surface area contributed by atoms with Gasteiger partial charge in [0, 0.05) is 5.33 Å². The lowest BCUT2D eigenvalue weighted by Gasteiger charge is -2.04. The second kappa shape index (κ2) is 13.9. The number of rotatable bonds is 12. The van der Waals surface area contributed by atoms with E-state index in [0.29, 0.717) is 0 Å². The first-order chi connectivity index (χ1) is 7.77. The first-order valence-electron chi connectivity index (χ1n) is 6.91. The number of halogens is 1. The Bertz CT molecular complexity index is 126. The van der Waals surface area contributed by atoms with Gasteiger partial charge in [-0.1, -0.05) is 61.9 Å². The predicted molar refractivity (Wildman–Crippen MR) is 82.9 cm³/mol. The van der Waals surface area contributed by atoms with Gasteiger partial charge in [-0.2, -0.15) is 11.8 Å². The minimum Gasteiger partial charge on any atom is -0.162 e. The average Bonchev–Trinajstić information content (AvgIpc) is 2.25. The molecule has 0 nitrogen and oxygen atoms in total. The van der Waals surface area contributed by atoms with Gasteiger partial charge in [0.1, 0.15) is 0 Å². The van der Waals surface area contributed by atoms with Crippen molar-refractivity contribution in [2.45, 2.75) is 65.2 Å². The van der Waals surface area contributed by atoms with Crippen molar-refractivity contribution >= 4 is 27.7 Å². The monoisotopic (exact) mass is 308 g/mol. The van der Waals surface area contributed by atoms with Crippen LogP contribution in [0.15, 0.2) is 0 Å². The molecule has 0 unspecified atom stereocenters. The lowest BCUT2D eigenvalue weighted by atomic mass is 10.1. The van der Waals surface area contributed by atoms with Crippen molar-refractivity contribution in [3.63, 3.8) is 0 Å². The van der Waals surface area contributed by atoms with Crippen molar-refractivity contribution in [2.24, 2.45) is 5.92 Å². The number of unbranched alkanes of at least 4 members (excludes halogenated alkanes) is 6. The Labute approximate surface area is 115 Å². The van der Waals surface area contributed by atoms with Crippen molar-refractivity contribution in [3.05, 3.63) is 0 Å². The van der Waals surface area contributed by atoms with E-state index in [-0.39, 0.29) is 0 Å². The summed E-state index contributed by atoms with van der Waals surface area (Å²) in [7, 11) is 0. The molecule has 0 aromatic rings. The summed E-state index contributed by atoms with van der Waals surface area (Å²) in [5.74, 6) is 3.62. The molecule has 0 aliphatic rings. The zero-order valence-corrected chi connectivity index (χ0v) is 13.5. The Morgan fingerprint density at radius 2 is 1.38 bits per heavy atom. The van der Waals surface area contributed by atoms with E-state index in [1.54, 1.807) is 0 Å². The van der Waals surface area contributed by atoms with Crippen LogP contribution in [0.4, 0.5) is 0 Å². The Kier molecular flexibility index (Phi) is 14.6. The first kappa shape index (κ1) is 16.8. The predicted octanol–water partition coefficient (Wildman–Crippen LogP) is 5.89. The summed E-state index contributed by atoms with van der Waals surface area (Å²) in [6.45, 7) is 4.63. The van der Waals surface area contributed by atoms with E-state index in [0.717, 1.165) is 5.92 Å². The summed E-state index contributed by atoms with van der Waals surface area (Å²) in [5.41, 5.74) is 0. The maximum Gasteiger partial charge on any atom is 0.00313 e. The summed E-state index contributed by atoms with van der Waals surface area (Å²) in [5, 5.41) is 1.18. The maximum absolute atomic E-state index is 3.47. The third kappa shape index (κ3) is 14.8. The number of alkyl halides is 1. The third-order valence-corrected chi connectivity index (χ3v) is 4.42. The van der Waals surface area contributed by atoms with Gasteiger partial charge in [-0.25, -0.2) is 0 Å². The van der Waals surface area contributed by atoms with Gasteiger partial charge in [-0.05, 0) is 36.7 Å². The second-order valence-electron chi connectivity index (χ2n) is 4.96. The number of hydrogen-bond donors (Lipinski definition) is 0. The molecule has 0 atom stereocenters. The van der Waals surface area contributed by atoms with Crippen LogP contribution < -0.4 is 0 Å². The molecule has 0 aliphatic carbocycles. The average molecular weight is 309 g/mol. The van der Waals surface area contributed by atoms with Gasteiger partial charge in [0.15, 0.2) is 0 Å². The van der Waals surface area contributed by atoms with Gasteiger partial charge in [-0.3, -0.25) is 0 Å². The molecular formula is C14H29BrS. The summed E-state index contributed by atoms with van der Waals surface area (Å²) in [6.07, 6.45) is 11.4. The number of thioether (sulfide) groups is 1. The third-order valence-electron chi connectivity index (χ3n) is 2.76. The first-order valence-corrected chi connectivity index (χ1v) is 9.18. The largest absolute Gasteiger partial charge is 0.162 e. The zero-order chi connectivity index (χ0) is 12.1. The van der Waals surface area contributed by atoms with Crippen LogP contribution in [0, 0.1) is 5.92 Å². The molecule has 0 saturated heterocycles. The maximum atomic E-state index is 3.47. The SMILES string of the molecule is CC(C)CCSCCCCCCCCCBr. The summed E-state index contributed by atoms with van der Waals surface area (Å²) >= 11 is 5.62. The minimum atomic E-state index is 0.877. The Balaban J connectivity index is 2.88. The van der Waals surface area contributed by atoms with Crippen LogP contribution in [0.2, 0.25) is 0 Å². The van der Waals surface area contributed by atoms with Gasteiger partial charge < -0.3 is 0 Å². The minimum absolute atomic E-state index is 0.877. The highest BCUT2D eigenvalue weighted by Gasteiger charge is 1.95. The zero-order valence-electron chi connectivity index (χ0n) is 11.1. The molecule has 16 heavy (non-hydrogen) atoms. The van der Waals surface area contributed by atoms with Crippen molar-refractivity contribution in [2.75, 3.05) is 16.8 Å². The number of hydrogen-bond acceptors (Lipinski definition) is 1. The standard InChI is InChI=1S/C14H29BrS/c1-14(2)10-13-16-12-9-7-5-3-4-6-8-11-15/h14H,3-13H2,1-2H3. The lowest BCUT2D eigenvalue weighted by Crippen LogP contribution is -1.91. The van der Waals surface area contributed by atoms with E-state index < -0.39 is 0 Å². The van der Waals surface area contributed by atoms with Crippen molar-refractivity contribution in [3.8, 4) is 0 Å². The van der Waals surface area contributed by atoms with E-state index in [2.05, 4.69) is 41.5 Å². The molecule has 98 valence electrons. The van der Waals surface area contributed by atoms with E-state index >= 15 is 0 Å². The van der Waals surface area contributed by atoms with Gasteiger partial charge in [-0.15, -0.1) is 0 Å². The quantitative estimate of drug-likeness (QED) is 0.320. The smallest absolute Gasteiger partial charge is 0.00313 e. The summed E-state index contributed by atoms with van der Waals surface area (Å²) in [4.78, 5) is 0. The van der Waals surface area contributed by atoms with Crippen LogP contribution in [-0.4, -0.2) is 16.8 Å². The lowest BCUT2D eigenvalue weighted by molar-refractivity contribution is 0.605. The molecule has 0 saturated carbocycles. The van der Waals surface area contributed by atoms with Crippen LogP contribution in [0.1, 0.15) is 65.2 Å². The van der Waals surface area contributed by atoms with Crippen molar-refractivity contribution in [1.29, 1.82) is 0 Å². The fraction of sp³-hybridized carbons (Fsp3) is 1.00. The second-order valence-corrected chi connectivity index (χ2v) is 6.98. The van der Waals surface area contributed by atoms with Crippen molar-refractivity contribution in [1.82, 2.24) is 0 Å². The Morgan fingerprint density at radius 1 is 0.812 bits per heavy atom. The van der Waals surface area contributed by atoms with E-state index in [1.165, 1.54) is 68.2 Å². The van der Waals surface area contributed by atoms with Crippen LogP contribution >= 0.6 is 27.7 Å². The highest BCUT2D eigenvalue weighted by atomic mass is 79.9. The van der Waals surface area contributed by atoms with Crippen LogP contribution in [-0.2, 0) is 0 Å². The fourth-order valence-corrected chi connectivity index (χ4v) is 3.25. The molecule has 0 rings (SSSR count). The Morgan fingerprint density at radius 3 is 1.94 bits per heavy atom. The Hall–Kier alpha value is 0.830. The topological polar surface area (TPSA) is 0 Å². The molecule has 2 heteroatoms. The van der Waals surface area contributed by atoms with Crippen molar-refractivity contribution < 1.29 is 0 Å². The molecular weight excluding hydrogens is 280 g/mol. The molecule has 0 amide bonds. The molecule has 0 spiro atoms. The molecule has 0 radical (unpaired) electrons. The highest BCUT2D eigenvalue weighted by Crippen LogP contribution is 2.13. The van der Waals surface area contributed by atoms with E-state index in [9.17, 15) is 0 Å². The van der Waals surface area contributed by atoms with E-state index in [4.69, 9.17) is 0 Å². The molecule has 0 fully saturated rings. The molecule has 0 bridgehead atoms. The van der Waals surface area contributed by atoms with Crippen LogP contribution in [0.25, 0.3) is 0 Å². The summed E-state index contributed by atoms with van der Waals surface area (Å²) in [6, 6.07) is 0. The van der Waals surface area contributed by atoms with Crippen LogP contribution in [0.5, 0.6) is 0 Å². The molecule has 0 aromatic carbocycles. The normalized spacial score (nSPS) is 11.2. The van der Waals surface area contributed by atoms with Gasteiger partial charge in [0.2, 0.25) is 0 Å².